The first-order chi connectivity index (χ1) is 17.6. The highest BCUT2D eigenvalue weighted by Crippen LogP contribution is 2.43. The van der Waals surface area contributed by atoms with Crippen molar-refractivity contribution in [2.24, 2.45) is 0 Å². The zero-order chi connectivity index (χ0) is 27.1. The first-order valence-electron chi connectivity index (χ1n) is 11.6. The predicted octanol–water partition coefficient (Wildman–Crippen LogP) is 5.01. The van der Waals surface area contributed by atoms with E-state index in [-0.39, 0.29) is 49.5 Å². The Morgan fingerprint density at radius 1 is 1.11 bits per heavy atom. The average Bonchev–Trinajstić information content (AvgIpc) is 3.25. The van der Waals surface area contributed by atoms with Crippen LogP contribution in [0, 0.1) is 6.92 Å². The van der Waals surface area contributed by atoms with Gasteiger partial charge in [-0.1, -0.05) is 23.3 Å². The number of allylic oxidation sites excluding steroid dienone is 2. The first-order valence-corrected chi connectivity index (χ1v) is 12.0. The van der Waals surface area contributed by atoms with Crippen LogP contribution in [0.2, 0.25) is 5.02 Å². The highest BCUT2D eigenvalue weighted by Gasteiger charge is 2.34. The van der Waals surface area contributed by atoms with E-state index in [2.05, 4.69) is 5.32 Å². The lowest BCUT2D eigenvalue weighted by molar-refractivity contribution is -0.137. The summed E-state index contributed by atoms with van der Waals surface area (Å²) >= 11 is 5.85. The number of anilines is 1. The lowest BCUT2D eigenvalue weighted by Gasteiger charge is -2.19. The SMILES string of the molecule is COc1c(C)c2c(c(OC(=O)CCC(=O)Nc3ccc(Cl)cc3)c1C/C=C(\C)CCC(=O)O)C(=O)OC2. The maximum atomic E-state index is 12.8. The number of cyclic esters (lactones) is 1. The molecule has 2 aromatic carbocycles. The predicted molar refractivity (Wildman–Crippen MR) is 136 cm³/mol. The maximum absolute atomic E-state index is 12.8. The Balaban J connectivity index is 1.82. The molecule has 0 aliphatic carbocycles. The molecule has 0 saturated heterocycles. The van der Waals surface area contributed by atoms with Crippen LogP contribution in [0.5, 0.6) is 11.5 Å². The summed E-state index contributed by atoms with van der Waals surface area (Å²) in [5, 5.41) is 12.1. The number of nitrogens with one attached hydrogen (secondary N) is 1. The van der Waals surface area contributed by atoms with Gasteiger partial charge in [0, 0.05) is 34.7 Å². The van der Waals surface area contributed by atoms with E-state index in [1.165, 1.54) is 7.11 Å². The van der Waals surface area contributed by atoms with E-state index in [1.54, 1.807) is 38.1 Å². The van der Waals surface area contributed by atoms with Crippen molar-refractivity contribution in [2.45, 2.75) is 52.6 Å². The Morgan fingerprint density at radius 2 is 1.81 bits per heavy atom. The summed E-state index contributed by atoms with van der Waals surface area (Å²) in [6, 6.07) is 6.55. The number of esters is 2. The van der Waals surface area contributed by atoms with Gasteiger partial charge in [0.05, 0.1) is 13.5 Å². The van der Waals surface area contributed by atoms with Gasteiger partial charge in [-0.2, -0.15) is 0 Å². The van der Waals surface area contributed by atoms with Crippen molar-refractivity contribution in [1.29, 1.82) is 0 Å². The molecule has 196 valence electrons. The Bertz CT molecular complexity index is 1250. The maximum Gasteiger partial charge on any atom is 0.342 e. The third-order valence-corrected chi connectivity index (χ3v) is 6.17. The number of hydrogen-bond donors (Lipinski definition) is 2. The number of rotatable bonds is 11. The van der Waals surface area contributed by atoms with Gasteiger partial charge in [0.15, 0.2) is 5.75 Å². The van der Waals surface area contributed by atoms with Gasteiger partial charge in [-0.3, -0.25) is 14.4 Å². The largest absolute Gasteiger partial charge is 0.496 e. The van der Waals surface area contributed by atoms with Gasteiger partial charge in [0.1, 0.15) is 17.9 Å². The van der Waals surface area contributed by atoms with Gasteiger partial charge >= 0.3 is 17.9 Å². The van der Waals surface area contributed by atoms with Gasteiger partial charge in [0.2, 0.25) is 5.91 Å². The van der Waals surface area contributed by atoms with E-state index >= 15 is 0 Å². The minimum absolute atomic E-state index is 0.0189. The van der Waals surface area contributed by atoms with E-state index in [9.17, 15) is 19.2 Å². The number of carboxylic acids is 1. The minimum Gasteiger partial charge on any atom is -0.496 e. The molecule has 2 aromatic rings. The number of halogens is 1. The molecule has 0 saturated carbocycles. The first kappa shape index (κ1) is 27.7. The van der Waals surface area contributed by atoms with Crippen LogP contribution in [0.4, 0.5) is 5.69 Å². The molecule has 9 nitrogen and oxygen atoms in total. The molecule has 3 rings (SSSR count). The lowest BCUT2D eigenvalue weighted by Crippen LogP contribution is -2.18. The second kappa shape index (κ2) is 12.4. The number of benzene rings is 2. The highest BCUT2D eigenvalue weighted by atomic mass is 35.5. The Hall–Kier alpha value is -3.85. The van der Waals surface area contributed by atoms with E-state index < -0.39 is 17.9 Å². The van der Waals surface area contributed by atoms with Crippen LogP contribution < -0.4 is 14.8 Å². The molecule has 1 heterocycles. The normalized spacial score (nSPS) is 12.5. The van der Waals surface area contributed by atoms with Gasteiger partial charge in [0.25, 0.3) is 0 Å². The van der Waals surface area contributed by atoms with Crippen LogP contribution in [-0.2, 0) is 32.1 Å². The molecule has 0 fully saturated rings. The number of fused-ring (bicyclic) bond motifs is 1. The lowest BCUT2D eigenvalue weighted by atomic mass is 9.94. The fourth-order valence-electron chi connectivity index (χ4n) is 3.94. The van der Waals surface area contributed by atoms with Gasteiger partial charge < -0.3 is 24.6 Å². The monoisotopic (exact) mass is 529 g/mol. The number of carbonyl (C=O) groups is 4. The summed E-state index contributed by atoms with van der Waals surface area (Å²) in [4.78, 5) is 48.5. The number of ether oxygens (including phenoxy) is 3. The average molecular weight is 530 g/mol. The molecule has 0 unspecified atom stereocenters. The number of methoxy groups -OCH3 is 1. The molecule has 1 aliphatic rings. The van der Waals surface area contributed by atoms with Crippen molar-refractivity contribution in [2.75, 3.05) is 12.4 Å². The van der Waals surface area contributed by atoms with Gasteiger partial charge in [-0.05, 0) is 56.5 Å². The molecule has 0 aromatic heterocycles. The Labute approximate surface area is 219 Å². The molecule has 1 amide bonds. The van der Waals surface area contributed by atoms with Crippen molar-refractivity contribution in [1.82, 2.24) is 0 Å². The quantitative estimate of drug-likeness (QED) is 0.236. The van der Waals surface area contributed by atoms with E-state index in [0.717, 1.165) is 5.57 Å². The molecule has 37 heavy (non-hydrogen) atoms. The zero-order valence-electron chi connectivity index (χ0n) is 20.8. The smallest absolute Gasteiger partial charge is 0.342 e. The third-order valence-electron chi connectivity index (χ3n) is 5.91. The van der Waals surface area contributed by atoms with E-state index in [1.807, 2.05) is 6.08 Å². The molecule has 2 N–H and O–H groups in total. The topological polar surface area (TPSA) is 128 Å². The third kappa shape index (κ3) is 7.10. The Kier molecular flexibility index (Phi) is 9.30. The van der Waals surface area contributed by atoms with Crippen LogP contribution in [0.3, 0.4) is 0 Å². The van der Waals surface area contributed by atoms with Gasteiger partial charge in [-0.25, -0.2) is 4.79 Å². The number of carbonyl (C=O) groups excluding carboxylic acids is 3. The molecule has 0 bridgehead atoms. The summed E-state index contributed by atoms with van der Waals surface area (Å²) in [6.45, 7) is 3.61. The van der Waals surface area contributed by atoms with Crippen molar-refractivity contribution >= 4 is 41.1 Å². The molecular formula is C27H28ClNO8. The van der Waals surface area contributed by atoms with Crippen molar-refractivity contribution in [3.05, 3.63) is 63.2 Å². The second-order valence-electron chi connectivity index (χ2n) is 8.57. The van der Waals surface area contributed by atoms with Crippen molar-refractivity contribution in [3.8, 4) is 11.5 Å². The number of aliphatic carboxylic acids is 1. The zero-order valence-corrected chi connectivity index (χ0v) is 21.6. The molecular weight excluding hydrogens is 502 g/mol. The molecule has 0 atom stereocenters. The molecule has 1 aliphatic heterocycles. The van der Waals surface area contributed by atoms with Crippen LogP contribution in [0.1, 0.15) is 59.7 Å². The fourth-order valence-corrected chi connectivity index (χ4v) is 4.07. The number of hydrogen-bond acceptors (Lipinski definition) is 7. The van der Waals surface area contributed by atoms with Crippen molar-refractivity contribution in [3.63, 3.8) is 0 Å². The Morgan fingerprint density at radius 3 is 2.46 bits per heavy atom. The fraction of sp³-hybridized carbons (Fsp3) is 0.333. The minimum atomic E-state index is -0.906. The van der Waals surface area contributed by atoms with Crippen LogP contribution in [-0.4, -0.2) is 36.0 Å². The van der Waals surface area contributed by atoms with Crippen LogP contribution in [0.15, 0.2) is 35.9 Å². The summed E-state index contributed by atoms with van der Waals surface area (Å²) in [5.74, 6) is -2.13. The summed E-state index contributed by atoms with van der Waals surface area (Å²) in [6.07, 6.45) is 2.00. The van der Waals surface area contributed by atoms with Crippen LogP contribution >= 0.6 is 11.6 Å². The summed E-state index contributed by atoms with van der Waals surface area (Å²) < 4.78 is 16.5. The van der Waals surface area contributed by atoms with E-state index in [0.29, 0.717) is 39.6 Å². The molecule has 0 spiro atoms. The summed E-state index contributed by atoms with van der Waals surface area (Å²) in [7, 11) is 1.48. The molecule has 10 heteroatoms. The second-order valence-corrected chi connectivity index (χ2v) is 9.01. The number of amides is 1. The highest BCUT2D eigenvalue weighted by molar-refractivity contribution is 6.30. The van der Waals surface area contributed by atoms with Crippen LogP contribution in [0.25, 0.3) is 0 Å². The van der Waals surface area contributed by atoms with Crippen molar-refractivity contribution < 1.29 is 38.5 Å². The standard InChI is InChI=1S/C27H28ClNO8/c1-15(5-12-22(31)32)4-10-19-25(35-3)16(2)20-14-36-27(34)24(20)26(19)37-23(33)13-11-21(30)29-18-8-6-17(28)7-9-18/h4,6-9H,5,10-14H2,1-3H3,(H,29,30)(H,31,32)/b15-4+. The molecule has 0 radical (unpaired) electrons. The van der Waals surface area contributed by atoms with Gasteiger partial charge in [-0.15, -0.1) is 0 Å². The summed E-state index contributed by atoms with van der Waals surface area (Å²) in [5.41, 5.74) is 3.24. The van der Waals surface area contributed by atoms with E-state index in [4.69, 9.17) is 30.9 Å². The number of carboxylic acid groups (broad SMARTS) is 1.